The average Bonchev–Trinajstić information content (AvgIpc) is 2.65. The van der Waals surface area contributed by atoms with E-state index in [2.05, 4.69) is 10.6 Å². The lowest BCUT2D eigenvalue weighted by atomic mass is 10.1. The molecule has 29 heavy (non-hydrogen) atoms. The molecule has 2 amide bonds. The molecule has 2 aromatic carbocycles. The van der Waals surface area contributed by atoms with E-state index >= 15 is 0 Å². The third-order valence-electron chi connectivity index (χ3n) is 4.24. The van der Waals surface area contributed by atoms with Crippen LogP contribution < -0.4 is 14.9 Å². The van der Waals surface area contributed by atoms with E-state index in [1.54, 1.807) is 42.5 Å². The molecule has 2 rings (SSSR count). The van der Waals surface area contributed by atoms with Crippen molar-refractivity contribution in [3.63, 3.8) is 0 Å². The van der Waals surface area contributed by atoms with Gasteiger partial charge in [-0.05, 0) is 43.2 Å². The number of carbonyl (C=O) groups is 2. The van der Waals surface area contributed by atoms with Gasteiger partial charge in [0.2, 0.25) is 15.9 Å². The van der Waals surface area contributed by atoms with Crippen molar-refractivity contribution in [1.82, 2.24) is 5.32 Å². The molecule has 156 valence electrons. The molecule has 0 unspecified atom stereocenters. The number of carbonyl (C=O) groups excluding carboxylic acids is 2. The SMILES string of the molecule is CCCCNC(=O)c1ccccc1NC(=O)CN(c1cccc(C)c1)S(C)(=O)=O. The number of amides is 2. The third kappa shape index (κ3) is 6.60. The highest BCUT2D eigenvalue weighted by Crippen LogP contribution is 2.20. The number of unbranched alkanes of at least 4 members (excludes halogenated alkanes) is 1. The van der Waals surface area contributed by atoms with E-state index in [-0.39, 0.29) is 5.91 Å². The molecule has 0 aliphatic heterocycles. The Labute approximate surface area is 172 Å². The van der Waals surface area contributed by atoms with Gasteiger partial charge in [-0.1, -0.05) is 37.6 Å². The molecular formula is C21H27N3O4S. The zero-order valence-electron chi connectivity index (χ0n) is 16.9. The Morgan fingerprint density at radius 3 is 2.45 bits per heavy atom. The van der Waals surface area contributed by atoms with Crippen LogP contribution in [-0.2, 0) is 14.8 Å². The van der Waals surface area contributed by atoms with E-state index in [4.69, 9.17) is 0 Å². The zero-order valence-corrected chi connectivity index (χ0v) is 17.8. The van der Waals surface area contributed by atoms with Crippen LogP contribution in [0.4, 0.5) is 11.4 Å². The number of nitrogens with zero attached hydrogens (tertiary/aromatic N) is 1. The Kier molecular flexibility index (Phi) is 7.78. The van der Waals surface area contributed by atoms with Crippen molar-refractivity contribution in [2.24, 2.45) is 0 Å². The summed E-state index contributed by atoms with van der Waals surface area (Å²) in [5, 5.41) is 5.48. The number of anilines is 2. The summed E-state index contributed by atoms with van der Waals surface area (Å²) < 4.78 is 25.5. The molecule has 2 N–H and O–H groups in total. The molecule has 0 heterocycles. The first-order valence-electron chi connectivity index (χ1n) is 9.44. The van der Waals surface area contributed by atoms with Gasteiger partial charge in [-0.15, -0.1) is 0 Å². The number of para-hydroxylation sites is 1. The summed E-state index contributed by atoms with van der Waals surface area (Å²) in [6.07, 6.45) is 2.87. The summed E-state index contributed by atoms with van der Waals surface area (Å²) in [7, 11) is -3.67. The maximum Gasteiger partial charge on any atom is 0.253 e. The fourth-order valence-electron chi connectivity index (χ4n) is 2.77. The normalized spacial score (nSPS) is 11.0. The first-order valence-corrected chi connectivity index (χ1v) is 11.3. The predicted octanol–water partition coefficient (Wildman–Crippen LogP) is 2.93. The van der Waals surface area contributed by atoms with E-state index in [1.165, 1.54) is 0 Å². The number of sulfonamides is 1. The summed E-state index contributed by atoms with van der Waals surface area (Å²) in [6.45, 7) is 4.03. The number of benzene rings is 2. The van der Waals surface area contributed by atoms with Gasteiger partial charge in [0.1, 0.15) is 6.54 Å². The van der Waals surface area contributed by atoms with E-state index in [0.29, 0.717) is 23.5 Å². The van der Waals surface area contributed by atoms with Crippen molar-refractivity contribution in [3.8, 4) is 0 Å². The molecule has 0 bridgehead atoms. The topological polar surface area (TPSA) is 95.6 Å². The van der Waals surface area contributed by atoms with Gasteiger partial charge >= 0.3 is 0 Å². The minimum absolute atomic E-state index is 0.284. The Morgan fingerprint density at radius 1 is 1.07 bits per heavy atom. The van der Waals surface area contributed by atoms with Crippen LogP contribution in [0.1, 0.15) is 35.7 Å². The molecule has 0 aliphatic carbocycles. The van der Waals surface area contributed by atoms with Gasteiger partial charge in [-0.2, -0.15) is 0 Å². The molecule has 2 aromatic rings. The van der Waals surface area contributed by atoms with Crippen LogP contribution in [0, 0.1) is 6.92 Å². The molecule has 0 aliphatic rings. The molecule has 7 nitrogen and oxygen atoms in total. The number of rotatable bonds is 9. The van der Waals surface area contributed by atoms with Gasteiger partial charge in [0.05, 0.1) is 23.2 Å². The number of hydrogen-bond acceptors (Lipinski definition) is 4. The molecular weight excluding hydrogens is 390 g/mol. The van der Waals surface area contributed by atoms with Gasteiger partial charge in [0, 0.05) is 6.54 Å². The van der Waals surface area contributed by atoms with Crippen molar-refractivity contribution >= 4 is 33.2 Å². The summed E-state index contributed by atoms with van der Waals surface area (Å²) >= 11 is 0. The molecule has 0 atom stereocenters. The maximum atomic E-state index is 12.6. The van der Waals surface area contributed by atoms with Gasteiger partial charge in [-0.25, -0.2) is 8.42 Å². The first-order chi connectivity index (χ1) is 13.7. The Balaban J connectivity index is 2.18. The fourth-order valence-corrected chi connectivity index (χ4v) is 3.62. The van der Waals surface area contributed by atoms with Crippen LogP contribution in [0.25, 0.3) is 0 Å². The summed E-state index contributed by atoms with van der Waals surface area (Å²) in [4.78, 5) is 25.0. The van der Waals surface area contributed by atoms with Crippen LogP contribution in [0.3, 0.4) is 0 Å². The lowest BCUT2D eigenvalue weighted by Gasteiger charge is -2.22. The molecule has 0 saturated carbocycles. The molecule has 0 radical (unpaired) electrons. The second kappa shape index (κ2) is 10.1. The third-order valence-corrected chi connectivity index (χ3v) is 5.38. The lowest BCUT2D eigenvalue weighted by molar-refractivity contribution is -0.114. The van der Waals surface area contributed by atoms with Crippen molar-refractivity contribution in [2.75, 3.05) is 29.0 Å². The van der Waals surface area contributed by atoms with Crippen molar-refractivity contribution in [3.05, 3.63) is 59.7 Å². The zero-order chi connectivity index (χ0) is 21.4. The monoisotopic (exact) mass is 417 g/mol. The van der Waals surface area contributed by atoms with Crippen molar-refractivity contribution in [1.29, 1.82) is 0 Å². The van der Waals surface area contributed by atoms with Gasteiger partial charge in [0.15, 0.2) is 0 Å². The van der Waals surface area contributed by atoms with Crippen molar-refractivity contribution in [2.45, 2.75) is 26.7 Å². The molecule has 0 spiro atoms. The van der Waals surface area contributed by atoms with Crippen LogP contribution in [0.5, 0.6) is 0 Å². The summed E-state index contributed by atoms with van der Waals surface area (Å²) in [5.74, 6) is -0.821. The standard InChI is InChI=1S/C21H27N3O4S/c1-4-5-13-22-21(26)18-11-6-7-12-19(18)23-20(25)15-24(29(3,27)28)17-10-8-9-16(2)14-17/h6-12,14H,4-5,13,15H2,1-3H3,(H,22,26)(H,23,25). The van der Waals surface area contributed by atoms with Gasteiger partial charge in [0.25, 0.3) is 5.91 Å². The largest absolute Gasteiger partial charge is 0.352 e. The fraction of sp³-hybridized carbons (Fsp3) is 0.333. The summed E-state index contributed by atoms with van der Waals surface area (Å²) in [6, 6.07) is 13.6. The highest BCUT2D eigenvalue weighted by molar-refractivity contribution is 7.92. The molecule has 0 saturated heterocycles. The summed E-state index contributed by atoms with van der Waals surface area (Å²) in [5.41, 5.74) is 1.96. The van der Waals surface area contributed by atoms with E-state index in [1.807, 2.05) is 19.9 Å². The Bertz CT molecular complexity index is 973. The van der Waals surface area contributed by atoms with Crippen LogP contribution >= 0.6 is 0 Å². The van der Waals surface area contributed by atoms with Crippen LogP contribution in [-0.4, -0.2) is 39.6 Å². The van der Waals surface area contributed by atoms with E-state index in [0.717, 1.165) is 29.0 Å². The second-order valence-electron chi connectivity index (χ2n) is 6.81. The Hall–Kier alpha value is -2.87. The second-order valence-corrected chi connectivity index (χ2v) is 8.72. The van der Waals surface area contributed by atoms with Crippen LogP contribution in [0.2, 0.25) is 0 Å². The highest BCUT2D eigenvalue weighted by atomic mass is 32.2. The maximum absolute atomic E-state index is 12.6. The molecule has 0 aromatic heterocycles. The van der Waals surface area contributed by atoms with Gasteiger partial charge in [-0.3, -0.25) is 13.9 Å². The van der Waals surface area contributed by atoms with E-state index < -0.39 is 22.5 Å². The minimum Gasteiger partial charge on any atom is -0.352 e. The minimum atomic E-state index is -3.67. The quantitative estimate of drug-likeness (QED) is 0.613. The first kappa shape index (κ1) is 22.4. The predicted molar refractivity (Wildman–Crippen MR) is 116 cm³/mol. The Morgan fingerprint density at radius 2 is 1.79 bits per heavy atom. The number of aryl methyl sites for hydroxylation is 1. The highest BCUT2D eigenvalue weighted by Gasteiger charge is 2.22. The van der Waals surface area contributed by atoms with Crippen molar-refractivity contribution < 1.29 is 18.0 Å². The van der Waals surface area contributed by atoms with Gasteiger partial charge < -0.3 is 10.6 Å². The van der Waals surface area contributed by atoms with Crippen LogP contribution in [0.15, 0.2) is 48.5 Å². The number of nitrogens with one attached hydrogen (secondary N) is 2. The van der Waals surface area contributed by atoms with E-state index in [9.17, 15) is 18.0 Å². The lowest BCUT2D eigenvalue weighted by Crippen LogP contribution is -2.37. The molecule has 8 heteroatoms. The molecule has 0 fully saturated rings. The number of hydrogen-bond donors (Lipinski definition) is 2. The smallest absolute Gasteiger partial charge is 0.253 e. The average molecular weight is 418 g/mol.